The third kappa shape index (κ3) is 3.34. The van der Waals surface area contributed by atoms with Gasteiger partial charge in [-0.05, 0) is 37.8 Å². The molecule has 1 aliphatic rings. The highest BCUT2D eigenvalue weighted by molar-refractivity contribution is 5.74. The number of hydrogen-bond acceptors (Lipinski definition) is 3. The summed E-state index contributed by atoms with van der Waals surface area (Å²) in [5, 5.41) is 0. The van der Waals surface area contributed by atoms with Gasteiger partial charge in [0.15, 0.2) is 0 Å². The van der Waals surface area contributed by atoms with Crippen LogP contribution in [0.3, 0.4) is 0 Å². The minimum absolute atomic E-state index is 0.195. The zero-order chi connectivity index (χ0) is 14.5. The van der Waals surface area contributed by atoms with Gasteiger partial charge in [-0.1, -0.05) is 36.6 Å². The second kappa shape index (κ2) is 6.87. The van der Waals surface area contributed by atoms with Gasteiger partial charge in [0, 0.05) is 6.54 Å². The molecule has 4 heteroatoms. The first-order valence-electron chi connectivity index (χ1n) is 7.93. The normalized spacial score (nSPS) is 20.5. The zero-order valence-electron chi connectivity index (χ0n) is 12.5. The molecule has 1 aromatic carbocycles. The van der Waals surface area contributed by atoms with Gasteiger partial charge in [-0.25, -0.2) is 4.98 Å². The summed E-state index contributed by atoms with van der Waals surface area (Å²) in [6.45, 7) is 0.836. The van der Waals surface area contributed by atoms with Crippen LogP contribution in [0.4, 0.5) is 0 Å². The van der Waals surface area contributed by atoms with Crippen LogP contribution in [0.5, 0.6) is 0 Å². The molecule has 21 heavy (non-hydrogen) atoms. The number of allylic oxidation sites excluding steroid dienone is 1. The van der Waals surface area contributed by atoms with Gasteiger partial charge in [0.05, 0.1) is 23.4 Å². The topological polar surface area (TPSA) is 55.9 Å². The van der Waals surface area contributed by atoms with E-state index in [1.807, 2.05) is 18.5 Å². The fourth-order valence-corrected chi connectivity index (χ4v) is 3.16. The third-order valence-electron chi connectivity index (χ3n) is 4.38. The number of aromatic nitrogens is 2. The molecule has 112 valence electrons. The smallest absolute Gasteiger partial charge is 0.0958 e. The van der Waals surface area contributed by atoms with Gasteiger partial charge in [0.25, 0.3) is 0 Å². The maximum absolute atomic E-state index is 5.83. The number of benzene rings is 1. The van der Waals surface area contributed by atoms with Crippen LogP contribution in [-0.2, 0) is 6.54 Å². The van der Waals surface area contributed by atoms with E-state index in [1.54, 1.807) is 0 Å². The number of nitrogens with one attached hydrogen (secondary N) is 1. The van der Waals surface area contributed by atoms with Gasteiger partial charge in [-0.15, -0.1) is 0 Å². The summed E-state index contributed by atoms with van der Waals surface area (Å²) < 4.78 is 2.19. The molecule has 3 N–H and O–H groups in total. The Balaban J connectivity index is 1.80. The number of rotatable bonds is 4. The summed E-state index contributed by atoms with van der Waals surface area (Å²) in [6.07, 6.45) is 11.9. The highest BCUT2D eigenvalue weighted by atomic mass is 15.2. The average Bonchev–Trinajstić information content (AvgIpc) is 2.88. The molecule has 0 radical (unpaired) electrons. The summed E-state index contributed by atoms with van der Waals surface area (Å²) in [4.78, 5) is 4.46. The maximum atomic E-state index is 5.83. The van der Waals surface area contributed by atoms with Crippen LogP contribution >= 0.6 is 0 Å². The number of para-hydroxylation sites is 2. The minimum atomic E-state index is 0.195. The van der Waals surface area contributed by atoms with Crippen LogP contribution < -0.4 is 11.3 Å². The summed E-state index contributed by atoms with van der Waals surface area (Å²) in [7, 11) is 0. The standard InChI is InChI=1S/C17H24N4/c18-20-16(14-8-4-2-1-3-5-9-14)12-21-13-19-15-10-6-7-11-17(15)21/h6-8,10-11,13,16,20H,1-5,9,12,18H2/b14-8+. The molecule has 1 aromatic heterocycles. The van der Waals surface area contributed by atoms with E-state index in [1.165, 1.54) is 43.2 Å². The van der Waals surface area contributed by atoms with Crippen molar-refractivity contribution in [1.82, 2.24) is 15.0 Å². The second-order valence-corrected chi connectivity index (χ2v) is 5.84. The number of hydrogen-bond donors (Lipinski definition) is 2. The number of nitrogens with two attached hydrogens (primary N) is 1. The van der Waals surface area contributed by atoms with Crippen LogP contribution in [0.1, 0.15) is 38.5 Å². The predicted molar refractivity (Wildman–Crippen MR) is 86.6 cm³/mol. The lowest BCUT2D eigenvalue weighted by Gasteiger charge is -2.22. The fraction of sp³-hybridized carbons (Fsp3) is 0.471. The first-order chi connectivity index (χ1) is 10.4. The average molecular weight is 284 g/mol. The fourth-order valence-electron chi connectivity index (χ4n) is 3.16. The Bertz CT molecular complexity index is 614. The Morgan fingerprint density at radius 3 is 2.95 bits per heavy atom. The van der Waals surface area contributed by atoms with Gasteiger partial charge in [-0.3, -0.25) is 11.3 Å². The summed E-state index contributed by atoms with van der Waals surface area (Å²) in [5.74, 6) is 5.83. The maximum Gasteiger partial charge on any atom is 0.0958 e. The molecule has 1 unspecified atom stereocenters. The van der Waals surface area contributed by atoms with Gasteiger partial charge < -0.3 is 4.57 Å². The quantitative estimate of drug-likeness (QED) is 0.515. The predicted octanol–water partition coefficient (Wildman–Crippen LogP) is 3.15. The Morgan fingerprint density at radius 1 is 1.19 bits per heavy atom. The monoisotopic (exact) mass is 284 g/mol. The number of hydrazine groups is 1. The SMILES string of the molecule is NNC(Cn1cnc2ccccc21)/C1=C/CCCCCC1. The molecule has 1 heterocycles. The lowest BCUT2D eigenvalue weighted by atomic mass is 9.95. The van der Waals surface area contributed by atoms with E-state index in [-0.39, 0.29) is 6.04 Å². The van der Waals surface area contributed by atoms with E-state index in [4.69, 9.17) is 5.84 Å². The molecule has 0 amide bonds. The zero-order valence-corrected chi connectivity index (χ0v) is 12.5. The molecule has 0 bridgehead atoms. The van der Waals surface area contributed by atoms with Gasteiger partial charge in [0.2, 0.25) is 0 Å². The Kier molecular flexibility index (Phi) is 4.68. The van der Waals surface area contributed by atoms with E-state index in [2.05, 4.69) is 33.2 Å². The second-order valence-electron chi connectivity index (χ2n) is 5.84. The minimum Gasteiger partial charge on any atom is -0.329 e. The number of fused-ring (bicyclic) bond motifs is 1. The molecule has 0 saturated carbocycles. The van der Waals surface area contributed by atoms with Crippen LogP contribution in [0.2, 0.25) is 0 Å². The molecule has 0 saturated heterocycles. The first-order valence-corrected chi connectivity index (χ1v) is 7.93. The van der Waals surface area contributed by atoms with Gasteiger partial charge in [-0.2, -0.15) is 0 Å². The van der Waals surface area contributed by atoms with Crippen molar-refractivity contribution in [2.45, 2.75) is 51.1 Å². The Hall–Kier alpha value is -1.65. The third-order valence-corrected chi connectivity index (χ3v) is 4.38. The van der Waals surface area contributed by atoms with E-state index >= 15 is 0 Å². The van der Waals surface area contributed by atoms with Gasteiger partial charge >= 0.3 is 0 Å². The molecular formula is C17H24N4. The summed E-state index contributed by atoms with van der Waals surface area (Å²) >= 11 is 0. The number of imidazole rings is 1. The van der Waals surface area contributed by atoms with Crippen molar-refractivity contribution in [3.05, 3.63) is 42.2 Å². The molecular weight excluding hydrogens is 260 g/mol. The summed E-state index contributed by atoms with van der Waals surface area (Å²) in [6, 6.07) is 8.44. The Labute approximate surface area is 126 Å². The highest BCUT2D eigenvalue weighted by Crippen LogP contribution is 2.21. The largest absolute Gasteiger partial charge is 0.329 e. The van der Waals surface area contributed by atoms with Crippen molar-refractivity contribution in [2.24, 2.45) is 5.84 Å². The number of nitrogens with zero attached hydrogens (tertiary/aromatic N) is 2. The van der Waals surface area contributed by atoms with E-state index < -0.39 is 0 Å². The molecule has 0 spiro atoms. The van der Waals surface area contributed by atoms with Crippen LogP contribution in [0.25, 0.3) is 11.0 Å². The van der Waals surface area contributed by atoms with Crippen molar-refractivity contribution in [2.75, 3.05) is 0 Å². The summed E-state index contributed by atoms with van der Waals surface area (Å²) in [5.41, 5.74) is 6.67. The molecule has 1 aliphatic carbocycles. The first kappa shape index (κ1) is 14.3. The molecule has 3 rings (SSSR count). The van der Waals surface area contributed by atoms with Crippen LogP contribution in [-0.4, -0.2) is 15.6 Å². The van der Waals surface area contributed by atoms with E-state index in [0.717, 1.165) is 18.5 Å². The Morgan fingerprint density at radius 2 is 2.05 bits per heavy atom. The van der Waals surface area contributed by atoms with Crippen molar-refractivity contribution < 1.29 is 0 Å². The van der Waals surface area contributed by atoms with E-state index in [0.29, 0.717) is 0 Å². The molecule has 1 atom stereocenters. The van der Waals surface area contributed by atoms with Crippen LogP contribution in [0.15, 0.2) is 42.2 Å². The lowest BCUT2D eigenvalue weighted by Crippen LogP contribution is -2.40. The molecule has 4 nitrogen and oxygen atoms in total. The van der Waals surface area contributed by atoms with Crippen molar-refractivity contribution in [1.29, 1.82) is 0 Å². The molecule has 0 aliphatic heterocycles. The van der Waals surface area contributed by atoms with Crippen molar-refractivity contribution >= 4 is 11.0 Å². The lowest BCUT2D eigenvalue weighted by molar-refractivity contribution is 0.486. The molecule has 2 aromatic rings. The van der Waals surface area contributed by atoms with Crippen LogP contribution in [0, 0.1) is 0 Å². The van der Waals surface area contributed by atoms with E-state index in [9.17, 15) is 0 Å². The highest BCUT2D eigenvalue weighted by Gasteiger charge is 2.15. The van der Waals surface area contributed by atoms with Gasteiger partial charge in [0.1, 0.15) is 0 Å². The van der Waals surface area contributed by atoms with Crippen molar-refractivity contribution in [3.63, 3.8) is 0 Å². The van der Waals surface area contributed by atoms with Crippen molar-refractivity contribution in [3.8, 4) is 0 Å². The molecule has 0 fully saturated rings.